The number of carbonyl (C=O) groups excluding carboxylic acids is 1. The minimum absolute atomic E-state index is 0.0441. The molecule has 1 aliphatic rings. The summed E-state index contributed by atoms with van der Waals surface area (Å²) in [5.41, 5.74) is 3.53. The maximum atomic E-state index is 12.8. The number of pyridine rings is 1. The Morgan fingerprint density at radius 1 is 1.23 bits per heavy atom. The molecule has 3 aromatic rings. The number of thiazole rings is 1. The predicted octanol–water partition coefficient (Wildman–Crippen LogP) is 2.94. The molecule has 3 heterocycles. The summed E-state index contributed by atoms with van der Waals surface area (Å²) in [6.45, 7) is 3.37. The molecule has 0 aliphatic carbocycles. The first-order valence-corrected chi connectivity index (χ1v) is 9.82. The van der Waals surface area contributed by atoms with Crippen LogP contribution in [0.5, 0.6) is 0 Å². The van der Waals surface area contributed by atoms with Gasteiger partial charge in [-0.05, 0) is 30.3 Å². The van der Waals surface area contributed by atoms with E-state index in [4.69, 9.17) is 0 Å². The highest BCUT2D eigenvalue weighted by Crippen LogP contribution is 2.22. The van der Waals surface area contributed by atoms with Crippen LogP contribution in [0.3, 0.4) is 0 Å². The number of nitrogens with zero attached hydrogens (tertiary/aromatic N) is 4. The molecule has 0 radical (unpaired) electrons. The molecular weight excluding hydrogens is 344 g/mol. The number of carbonyl (C=O) groups is 1. The number of aromatic nitrogens is 2. The fourth-order valence-electron chi connectivity index (χ4n) is 3.73. The fourth-order valence-corrected chi connectivity index (χ4v) is 4.26. The van der Waals surface area contributed by atoms with Crippen LogP contribution in [0, 0.1) is 5.92 Å². The van der Waals surface area contributed by atoms with Gasteiger partial charge < -0.3 is 9.80 Å². The van der Waals surface area contributed by atoms with E-state index >= 15 is 0 Å². The largest absolute Gasteiger partial charge is 0.336 e. The number of rotatable bonds is 3. The molecule has 4 rings (SSSR count). The molecule has 5 nitrogen and oxygen atoms in total. The molecule has 1 fully saturated rings. The van der Waals surface area contributed by atoms with Gasteiger partial charge in [-0.25, -0.2) is 4.98 Å². The van der Waals surface area contributed by atoms with Crippen LogP contribution in [0.2, 0.25) is 0 Å². The van der Waals surface area contributed by atoms with E-state index < -0.39 is 0 Å². The van der Waals surface area contributed by atoms with Crippen LogP contribution in [0.1, 0.15) is 16.1 Å². The van der Waals surface area contributed by atoms with Crippen molar-refractivity contribution < 1.29 is 4.79 Å². The number of benzene rings is 1. The van der Waals surface area contributed by atoms with Gasteiger partial charge in [-0.3, -0.25) is 9.78 Å². The van der Waals surface area contributed by atoms with Gasteiger partial charge in [-0.1, -0.05) is 24.3 Å². The van der Waals surface area contributed by atoms with Gasteiger partial charge in [0.1, 0.15) is 5.69 Å². The molecule has 1 saturated heterocycles. The number of hydrogen-bond acceptors (Lipinski definition) is 5. The van der Waals surface area contributed by atoms with Crippen LogP contribution in [0.25, 0.3) is 10.8 Å². The third-order valence-electron chi connectivity index (χ3n) is 5.00. The Morgan fingerprint density at radius 2 is 2.12 bits per heavy atom. The first-order valence-electron chi connectivity index (χ1n) is 8.88. The van der Waals surface area contributed by atoms with E-state index in [9.17, 15) is 4.79 Å². The third kappa shape index (κ3) is 3.61. The topological polar surface area (TPSA) is 49.3 Å². The summed E-state index contributed by atoms with van der Waals surface area (Å²) in [4.78, 5) is 25.7. The molecule has 0 unspecified atom stereocenters. The Morgan fingerprint density at radius 3 is 2.96 bits per heavy atom. The Balaban J connectivity index is 1.57. The normalized spacial score (nSPS) is 18.8. The van der Waals surface area contributed by atoms with Gasteiger partial charge in [0, 0.05) is 49.3 Å². The van der Waals surface area contributed by atoms with Gasteiger partial charge in [-0.2, -0.15) is 0 Å². The highest BCUT2D eigenvalue weighted by atomic mass is 32.1. The molecule has 1 aromatic carbocycles. The smallest absolute Gasteiger partial charge is 0.273 e. The maximum Gasteiger partial charge on any atom is 0.273 e. The van der Waals surface area contributed by atoms with E-state index in [1.807, 2.05) is 28.7 Å². The lowest BCUT2D eigenvalue weighted by Gasteiger charge is -2.24. The van der Waals surface area contributed by atoms with Gasteiger partial charge in [0.25, 0.3) is 5.91 Å². The maximum absolute atomic E-state index is 12.8. The second-order valence-electron chi connectivity index (χ2n) is 6.98. The van der Waals surface area contributed by atoms with Crippen LogP contribution < -0.4 is 0 Å². The Hall–Kier alpha value is -2.31. The van der Waals surface area contributed by atoms with Crippen LogP contribution >= 0.6 is 11.3 Å². The second-order valence-corrected chi connectivity index (χ2v) is 7.70. The van der Waals surface area contributed by atoms with E-state index in [1.165, 1.54) is 27.7 Å². The first kappa shape index (κ1) is 17.1. The quantitative estimate of drug-likeness (QED) is 0.715. The Bertz CT molecular complexity index is 890. The average Bonchev–Trinajstić information content (AvgIpc) is 3.13. The van der Waals surface area contributed by atoms with Gasteiger partial charge >= 0.3 is 0 Å². The molecule has 1 amide bonds. The highest BCUT2D eigenvalue weighted by Gasteiger charge is 2.26. The van der Waals surface area contributed by atoms with Crippen LogP contribution in [-0.4, -0.2) is 58.9 Å². The van der Waals surface area contributed by atoms with Crippen molar-refractivity contribution >= 4 is 28.0 Å². The zero-order chi connectivity index (χ0) is 17.9. The molecule has 134 valence electrons. The molecule has 1 atom stereocenters. The lowest BCUT2D eigenvalue weighted by molar-refractivity contribution is 0.0741. The van der Waals surface area contributed by atoms with Crippen molar-refractivity contribution in [2.24, 2.45) is 5.92 Å². The molecule has 0 N–H and O–H groups in total. The zero-order valence-electron chi connectivity index (χ0n) is 14.8. The van der Waals surface area contributed by atoms with Crippen LogP contribution in [-0.2, 0) is 6.42 Å². The SMILES string of the molecule is CN1CCN(C(=O)c2cscn2)C[C@H](Cc2cncc3ccccc23)C1. The molecule has 0 saturated carbocycles. The second kappa shape index (κ2) is 7.51. The zero-order valence-corrected chi connectivity index (χ0v) is 15.7. The third-order valence-corrected chi connectivity index (χ3v) is 5.58. The van der Waals surface area contributed by atoms with E-state index in [-0.39, 0.29) is 5.91 Å². The van der Waals surface area contributed by atoms with E-state index in [1.54, 1.807) is 5.51 Å². The van der Waals surface area contributed by atoms with Crippen molar-refractivity contribution in [2.45, 2.75) is 6.42 Å². The minimum atomic E-state index is 0.0441. The molecular formula is C20H22N4OS. The standard InChI is InChI=1S/C20H22N4OS/c1-23-6-7-24(20(25)19-13-26-14-22-19)12-15(11-23)8-17-10-21-9-16-4-2-3-5-18(16)17/h2-5,9-10,13-15H,6-8,11-12H2,1H3/t15-/m1/s1. The van der Waals surface area contributed by atoms with Gasteiger partial charge in [0.05, 0.1) is 5.51 Å². The number of amides is 1. The first-order chi connectivity index (χ1) is 12.7. The Kier molecular flexibility index (Phi) is 4.95. The van der Waals surface area contributed by atoms with Crippen molar-refractivity contribution in [1.82, 2.24) is 19.8 Å². The molecule has 6 heteroatoms. The number of fused-ring (bicyclic) bond motifs is 1. The lowest BCUT2D eigenvalue weighted by Crippen LogP contribution is -2.36. The van der Waals surface area contributed by atoms with Gasteiger partial charge in [0.2, 0.25) is 0 Å². The molecule has 1 aliphatic heterocycles. The molecule has 0 spiro atoms. The summed E-state index contributed by atoms with van der Waals surface area (Å²) in [5, 5.41) is 4.26. The van der Waals surface area contributed by atoms with Crippen LogP contribution in [0.15, 0.2) is 47.5 Å². The van der Waals surface area contributed by atoms with Crippen molar-refractivity contribution in [3.63, 3.8) is 0 Å². The van der Waals surface area contributed by atoms with Crippen molar-refractivity contribution in [2.75, 3.05) is 33.2 Å². The fraction of sp³-hybridized carbons (Fsp3) is 0.350. The van der Waals surface area contributed by atoms with Gasteiger partial charge in [-0.15, -0.1) is 11.3 Å². The summed E-state index contributed by atoms with van der Waals surface area (Å²) in [6, 6.07) is 8.37. The van der Waals surface area contributed by atoms with Crippen molar-refractivity contribution in [1.29, 1.82) is 0 Å². The minimum Gasteiger partial charge on any atom is -0.336 e. The molecule has 2 aromatic heterocycles. The summed E-state index contributed by atoms with van der Waals surface area (Å²) < 4.78 is 0. The summed E-state index contributed by atoms with van der Waals surface area (Å²) in [6.07, 6.45) is 4.80. The van der Waals surface area contributed by atoms with E-state index in [0.29, 0.717) is 11.6 Å². The predicted molar refractivity (Wildman–Crippen MR) is 104 cm³/mol. The van der Waals surface area contributed by atoms with Crippen LogP contribution in [0.4, 0.5) is 0 Å². The number of hydrogen-bond donors (Lipinski definition) is 0. The van der Waals surface area contributed by atoms with E-state index in [2.05, 4.69) is 40.1 Å². The van der Waals surface area contributed by atoms with Crippen molar-refractivity contribution in [3.05, 3.63) is 58.8 Å². The summed E-state index contributed by atoms with van der Waals surface area (Å²) in [5.74, 6) is 0.417. The number of likely N-dealkylation sites (N-methyl/N-ethyl adjacent to an activating group) is 1. The lowest BCUT2D eigenvalue weighted by atomic mass is 9.96. The summed E-state index contributed by atoms with van der Waals surface area (Å²) >= 11 is 1.47. The Labute approximate surface area is 157 Å². The van der Waals surface area contributed by atoms with Gasteiger partial charge in [0.15, 0.2) is 0 Å². The monoisotopic (exact) mass is 366 g/mol. The average molecular weight is 366 g/mol. The summed E-state index contributed by atoms with van der Waals surface area (Å²) in [7, 11) is 2.13. The molecule has 26 heavy (non-hydrogen) atoms. The highest BCUT2D eigenvalue weighted by molar-refractivity contribution is 7.07. The molecule has 0 bridgehead atoms. The van der Waals surface area contributed by atoms with Crippen molar-refractivity contribution in [3.8, 4) is 0 Å². The van der Waals surface area contributed by atoms with E-state index in [0.717, 1.165) is 32.6 Å².